The first-order valence-electron chi connectivity index (χ1n) is 7.31. The van der Waals surface area contributed by atoms with Gasteiger partial charge in [0.2, 0.25) is 0 Å². The Hall–Kier alpha value is -0.910. The molecule has 0 radical (unpaired) electrons. The van der Waals surface area contributed by atoms with E-state index in [0.29, 0.717) is 5.92 Å². The summed E-state index contributed by atoms with van der Waals surface area (Å²) in [5, 5.41) is 0. The molecule has 0 atom stereocenters. The zero-order chi connectivity index (χ0) is 16.4. The van der Waals surface area contributed by atoms with Crippen LogP contribution in [0.2, 0.25) is 0 Å². The van der Waals surface area contributed by atoms with Crippen LogP contribution in [0, 0.1) is 0 Å². The zero-order valence-corrected chi connectivity index (χ0v) is 14.5. The van der Waals surface area contributed by atoms with Gasteiger partial charge in [-0.3, -0.25) is 4.55 Å². The maximum absolute atomic E-state index is 10.9. The lowest BCUT2D eigenvalue weighted by Gasteiger charge is -2.22. The Morgan fingerprint density at radius 1 is 0.952 bits per heavy atom. The maximum Gasteiger partial charge on any atom is 0.397 e. The number of benzene rings is 1. The standard InChI is InChI=1S/C16H26O4S/c1-10(2)13-7-14(11(3)4)16(9-20-21(17,18)19)15(8-13)12(5)6/h7-8,10-12H,9H2,1-6H3,(H,17,18,19). The summed E-state index contributed by atoms with van der Waals surface area (Å²) < 4.78 is 35.2. The molecule has 1 aromatic carbocycles. The van der Waals surface area contributed by atoms with Crippen molar-refractivity contribution >= 4 is 10.4 Å². The summed E-state index contributed by atoms with van der Waals surface area (Å²) in [6.45, 7) is 12.4. The average molecular weight is 314 g/mol. The second-order valence-electron chi connectivity index (χ2n) is 6.33. The predicted octanol–water partition coefficient (Wildman–Crippen LogP) is 4.38. The van der Waals surface area contributed by atoms with Crippen molar-refractivity contribution in [1.82, 2.24) is 0 Å². The van der Waals surface area contributed by atoms with Crippen molar-refractivity contribution in [3.63, 3.8) is 0 Å². The third-order valence-electron chi connectivity index (χ3n) is 3.60. The van der Waals surface area contributed by atoms with Crippen LogP contribution >= 0.6 is 0 Å². The van der Waals surface area contributed by atoms with Crippen LogP contribution in [0.25, 0.3) is 0 Å². The smallest absolute Gasteiger partial charge is 0.264 e. The van der Waals surface area contributed by atoms with Gasteiger partial charge in [-0.2, -0.15) is 8.42 Å². The molecule has 1 aromatic rings. The van der Waals surface area contributed by atoms with E-state index in [2.05, 4.69) is 57.9 Å². The van der Waals surface area contributed by atoms with E-state index >= 15 is 0 Å². The second kappa shape index (κ2) is 6.90. The molecule has 0 aliphatic heterocycles. The lowest BCUT2D eigenvalue weighted by atomic mass is 9.85. The van der Waals surface area contributed by atoms with E-state index in [1.807, 2.05) is 0 Å². The minimum Gasteiger partial charge on any atom is -0.264 e. The van der Waals surface area contributed by atoms with E-state index in [4.69, 9.17) is 4.55 Å². The highest BCUT2D eigenvalue weighted by Crippen LogP contribution is 2.32. The van der Waals surface area contributed by atoms with Crippen molar-refractivity contribution in [1.29, 1.82) is 0 Å². The summed E-state index contributed by atoms with van der Waals surface area (Å²) in [4.78, 5) is 0. The van der Waals surface area contributed by atoms with E-state index in [1.54, 1.807) is 0 Å². The molecule has 0 aromatic heterocycles. The molecule has 21 heavy (non-hydrogen) atoms. The maximum atomic E-state index is 10.9. The largest absolute Gasteiger partial charge is 0.397 e. The first kappa shape index (κ1) is 18.1. The first-order chi connectivity index (χ1) is 9.53. The molecular weight excluding hydrogens is 288 g/mol. The van der Waals surface area contributed by atoms with Gasteiger partial charge in [-0.1, -0.05) is 53.7 Å². The summed E-state index contributed by atoms with van der Waals surface area (Å²) in [7, 11) is -4.43. The molecule has 0 saturated carbocycles. The lowest BCUT2D eigenvalue weighted by molar-refractivity contribution is 0.257. The third-order valence-corrected chi connectivity index (χ3v) is 4.02. The van der Waals surface area contributed by atoms with Crippen LogP contribution in [0.4, 0.5) is 0 Å². The minimum atomic E-state index is -4.43. The Morgan fingerprint density at radius 3 is 1.67 bits per heavy atom. The van der Waals surface area contributed by atoms with Crippen molar-refractivity contribution in [2.75, 3.05) is 0 Å². The Morgan fingerprint density at radius 2 is 1.38 bits per heavy atom. The van der Waals surface area contributed by atoms with E-state index in [-0.39, 0.29) is 18.4 Å². The van der Waals surface area contributed by atoms with Gasteiger partial charge in [0.25, 0.3) is 0 Å². The molecule has 0 saturated heterocycles. The Kier molecular flexibility index (Phi) is 5.96. The van der Waals surface area contributed by atoms with Crippen molar-refractivity contribution in [2.24, 2.45) is 0 Å². The van der Waals surface area contributed by atoms with Crippen LogP contribution in [0.1, 0.15) is 81.5 Å². The fourth-order valence-electron chi connectivity index (χ4n) is 2.41. The topological polar surface area (TPSA) is 63.6 Å². The summed E-state index contributed by atoms with van der Waals surface area (Å²) in [5.41, 5.74) is 4.25. The zero-order valence-electron chi connectivity index (χ0n) is 13.7. The van der Waals surface area contributed by atoms with Crippen LogP contribution in [-0.2, 0) is 21.2 Å². The van der Waals surface area contributed by atoms with Gasteiger partial charge in [0.1, 0.15) is 0 Å². The highest BCUT2D eigenvalue weighted by Gasteiger charge is 2.19. The predicted molar refractivity (Wildman–Crippen MR) is 85.0 cm³/mol. The van der Waals surface area contributed by atoms with Crippen molar-refractivity contribution in [3.8, 4) is 0 Å². The van der Waals surface area contributed by atoms with Gasteiger partial charge >= 0.3 is 10.4 Å². The molecule has 0 aliphatic carbocycles. The van der Waals surface area contributed by atoms with Crippen LogP contribution in [0.5, 0.6) is 0 Å². The van der Waals surface area contributed by atoms with Crippen LogP contribution < -0.4 is 0 Å². The van der Waals surface area contributed by atoms with Gasteiger partial charge in [-0.05, 0) is 40.0 Å². The van der Waals surface area contributed by atoms with E-state index in [9.17, 15) is 8.42 Å². The Bertz CT molecular complexity index is 557. The lowest BCUT2D eigenvalue weighted by Crippen LogP contribution is -2.11. The molecule has 0 spiro atoms. The van der Waals surface area contributed by atoms with Crippen LogP contribution in [0.15, 0.2) is 12.1 Å². The van der Waals surface area contributed by atoms with E-state index in [0.717, 1.165) is 16.7 Å². The number of hydrogen-bond acceptors (Lipinski definition) is 3. The molecule has 0 amide bonds. The molecule has 1 rings (SSSR count). The Labute approximate surface area is 128 Å². The van der Waals surface area contributed by atoms with Gasteiger partial charge < -0.3 is 0 Å². The molecule has 4 nitrogen and oxygen atoms in total. The van der Waals surface area contributed by atoms with Crippen molar-refractivity contribution in [2.45, 2.75) is 65.9 Å². The summed E-state index contributed by atoms with van der Waals surface area (Å²) >= 11 is 0. The van der Waals surface area contributed by atoms with E-state index < -0.39 is 10.4 Å². The fourth-order valence-corrected chi connectivity index (χ4v) is 2.67. The number of rotatable bonds is 6. The van der Waals surface area contributed by atoms with Gasteiger partial charge in [-0.25, -0.2) is 4.18 Å². The molecular formula is C16H26O4S. The molecule has 0 heterocycles. The highest BCUT2D eigenvalue weighted by molar-refractivity contribution is 7.80. The molecule has 0 unspecified atom stereocenters. The molecule has 120 valence electrons. The van der Waals surface area contributed by atoms with Crippen molar-refractivity contribution < 1.29 is 17.2 Å². The minimum absolute atomic E-state index is 0.127. The van der Waals surface area contributed by atoms with Gasteiger partial charge in [0.15, 0.2) is 0 Å². The summed E-state index contributed by atoms with van der Waals surface area (Å²) in [6, 6.07) is 4.23. The second-order valence-corrected chi connectivity index (χ2v) is 7.42. The van der Waals surface area contributed by atoms with Crippen molar-refractivity contribution in [3.05, 3.63) is 34.4 Å². The summed E-state index contributed by atoms with van der Waals surface area (Å²) in [6.07, 6.45) is 0. The normalized spacial score (nSPS) is 12.7. The molecule has 0 aliphatic rings. The number of hydrogen-bond donors (Lipinski definition) is 1. The molecule has 0 fully saturated rings. The highest BCUT2D eigenvalue weighted by atomic mass is 32.3. The molecule has 5 heteroatoms. The first-order valence-corrected chi connectivity index (χ1v) is 8.67. The average Bonchev–Trinajstić information content (AvgIpc) is 2.33. The molecule has 0 bridgehead atoms. The Balaban J connectivity index is 3.42. The third kappa shape index (κ3) is 5.09. The SMILES string of the molecule is CC(C)c1cc(C(C)C)c(COS(=O)(=O)O)c(C(C)C)c1. The van der Waals surface area contributed by atoms with Crippen LogP contribution in [-0.4, -0.2) is 13.0 Å². The quantitative estimate of drug-likeness (QED) is 0.792. The monoisotopic (exact) mass is 314 g/mol. The molecule has 1 N–H and O–H groups in total. The van der Waals surface area contributed by atoms with Gasteiger partial charge in [0, 0.05) is 0 Å². The van der Waals surface area contributed by atoms with Crippen LogP contribution in [0.3, 0.4) is 0 Å². The van der Waals surface area contributed by atoms with E-state index in [1.165, 1.54) is 5.56 Å². The van der Waals surface area contributed by atoms with Gasteiger partial charge in [-0.15, -0.1) is 0 Å². The fraction of sp³-hybridized carbons (Fsp3) is 0.625. The summed E-state index contributed by atoms with van der Waals surface area (Å²) in [5.74, 6) is 0.902. The van der Waals surface area contributed by atoms with Gasteiger partial charge in [0.05, 0.1) is 6.61 Å².